The fourth-order valence-electron chi connectivity index (χ4n) is 4.70. The number of aromatic hydroxyl groups is 1. The molecule has 0 amide bonds. The monoisotopic (exact) mass is 541 g/mol. The highest BCUT2D eigenvalue weighted by molar-refractivity contribution is 7.09. The molecule has 10 heteroatoms. The molecular weight excluding hydrogens is 510 g/mol. The molecule has 0 aliphatic carbocycles. The van der Waals surface area contributed by atoms with E-state index in [0.717, 1.165) is 28.0 Å². The van der Waals surface area contributed by atoms with Crippen LogP contribution >= 0.6 is 11.3 Å². The number of esters is 2. The Morgan fingerprint density at radius 1 is 1.11 bits per heavy atom. The summed E-state index contributed by atoms with van der Waals surface area (Å²) in [5, 5.41) is 9.82. The van der Waals surface area contributed by atoms with Crippen molar-refractivity contribution in [2.24, 2.45) is 0 Å². The average molecular weight is 542 g/mol. The van der Waals surface area contributed by atoms with Gasteiger partial charge in [0.2, 0.25) is 5.88 Å². The predicted molar refractivity (Wildman–Crippen MR) is 141 cm³/mol. The van der Waals surface area contributed by atoms with E-state index in [9.17, 15) is 19.5 Å². The van der Waals surface area contributed by atoms with Gasteiger partial charge in [0, 0.05) is 37.8 Å². The van der Waals surface area contributed by atoms with Crippen LogP contribution in [0.2, 0.25) is 0 Å². The maximum Gasteiger partial charge on any atom is 0.308 e. The molecule has 0 fully saturated rings. The van der Waals surface area contributed by atoms with Crippen LogP contribution in [-0.4, -0.2) is 34.2 Å². The third kappa shape index (κ3) is 5.70. The number of hydrogen-bond donors (Lipinski definition) is 2. The van der Waals surface area contributed by atoms with Crippen molar-refractivity contribution < 1.29 is 33.6 Å². The maximum absolute atomic E-state index is 12.0. The molecule has 3 aromatic rings. The third-order valence-electron chi connectivity index (χ3n) is 6.61. The van der Waals surface area contributed by atoms with Crippen molar-refractivity contribution in [1.82, 2.24) is 4.98 Å². The fraction of sp³-hybridized carbons (Fsp3) is 0.393. The van der Waals surface area contributed by atoms with Crippen molar-refractivity contribution in [2.45, 2.75) is 66.1 Å². The number of H-pyrrole nitrogens is 1. The van der Waals surface area contributed by atoms with Crippen LogP contribution in [0.4, 0.5) is 0 Å². The number of aromatic nitrogens is 1. The first-order chi connectivity index (χ1) is 17.9. The summed E-state index contributed by atoms with van der Waals surface area (Å²) in [5.74, 6) is 0.711. The van der Waals surface area contributed by atoms with Gasteiger partial charge < -0.3 is 24.1 Å². The summed E-state index contributed by atoms with van der Waals surface area (Å²) in [7, 11) is 0. The topological polar surface area (TPSA) is 124 Å². The lowest BCUT2D eigenvalue weighted by Gasteiger charge is -2.41. The lowest BCUT2D eigenvalue weighted by molar-refractivity contribution is -0.151. The summed E-state index contributed by atoms with van der Waals surface area (Å²) in [5.41, 5.74) is 3.05. The lowest BCUT2D eigenvalue weighted by atomic mass is 9.85. The summed E-state index contributed by atoms with van der Waals surface area (Å²) in [6.07, 6.45) is 0.151. The molecule has 1 aliphatic heterocycles. The molecule has 2 aromatic carbocycles. The normalized spacial score (nSPS) is 18.3. The number of carbonyl (C=O) groups excluding carboxylic acids is 2. The number of nitrogens with one attached hydrogen (secondary N) is 1. The van der Waals surface area contributed by atoms with Gasteiger partial charge in [-0.05, 0) is 56.5 Å². The minimum atomic E-state index is -0.818. The number of benzene rings is 2. The van der Waals surface area contributed by atoms with E-state index in [1.54, 1.807) is 0 Å². The van der Waals surface area contributed by atoms with Gasteiger partial charge in [0.1, 0.15) is 35.6 Å². The number of thiazole rings is 1. The Labute approximate surface area is 224 Å². The lowest BCUT2D eigenvalue weighted by Crippen LogP contribution is -2.44. The van der Waals surface area contributed by atoms with Crippen LogP contribution < -0.4 is 19.1 Å². The number of ether oxygens (including phenoxy) is 4. The third-order valence-corrected chi connectivity index (χ3v) is 7.48. The highest BCUT2D eigenvalue weighted by Crippen LogP contribution is 2.49. The summed E-state index contributed by atoms with van der Waals surface area (Å²) < 4.78 is 23.8. The van der Waals surface area contributed by atoms with E-state index >= 15 is 0 Å². The van der Waals surface area contributed by atoms with Crippen molar-refractivity contribution in [2.75, 3.05) is 6.61 Å². The molecule has 2 heterocycles. The molecule has 1 aromatic heterocycles. The molecule has 0 bridgehead atoms. The molecule has 0 saturated heterocycles. The molecule has 202 valence electrons. The van der Waals surface area contributed by atoms with Gasteiger partial charge in [0.15, 0.2) is 0 Å². The van der Waals surface area contributed by atoms with Crippen LogP contribution in [-0.2, 0) is 20.7 Å². The smallest absolute Gasteiger partial charge is 0.308 e. The van der Waals surface area contributed by atoms with Crippen LogP contribution in [0.5, 0.6) is 23.1 Å². The Kier molecular flexibility index (Phi) is 7.55. The van der Waals surface area contributed by atoms with Gasteiger partial charge in [-0.25, -0.2) is 0 Å². The molecule has 2 atom stereocenters. The highest BCUT2D eigenvalue weighted by Gasteiger charge is 2.42. The first-order valence-electron chi connectivity index (χ1n) is 12.2. The minimum Gasteiger partial charge on any atom is -0.494 e. The minimum absolute atomic E-state index is 0.106. The molecule has 0 radical (unpaired) electrons. The zero-order valence-corrected chi connectivity index (χ0v) is 23.0. The van der Waals surface area contributed by atoms with Gasteiger partial charge in [-0.2, -0.15) is 0 Å². The Morgan fingerprint density at radius 2 is 1.79 bits per heavy atom. The van der Waals surface area contributed by atoms with Crippen LogP contribution in [0.1, 0.15) is 66.0 Å². The van der Waals surface area contributed by atoms with Crippen LogP contribution in [0, 0.1) is 20.8 Å². The first-order valence-corrected chi connectivity index (χ1v) is 13.0. The number of rotatable bonds is 7. The van der Waals surface area contributed by atoms with Gasteiger partial charge in [-0.15, -0.1) is 0 Å². The number of hydrogen-bond acceptors (Lipinski definition) is 9. The SMILES string of the molecule is CC(=O)Oc1c(C)c(C)c2c(c1C)C(OC(C)=O)CC(C)(COc1ccc(Cc3sc(=O)[nH]c3O)cc1)O2. The van der Waals surface area contributed by atoms with Crippen molar-refractivity contribution in [3.05, 3.63) is 66.6 Å². The standard InChI is InChI=1S/C28H31NO8S/c1-14-15(2)25-23(16(3)24(14)36-18(5)31)21(35-17(4)30)12-28(6,37-25)13-34-20-9-7-19(8-10-20)11-22-26(32)29-27(33)38-22/h7-10,21,32H,11-13H2,1-6H3,(H,29,33). The summed E-state index contributed by atoms with van der Waals surface area (Å²) in [6.45, 7) is 10.4. The van der Waals surface area contributed by atoms with Gasteiger partial charge in [0.05, 0.1) is 4.88 Å². The second-order valence-corrected chi connectivity index (χ2v) is 10.9. The zero-order chi connectivity index (χ0) is 27.8. The van der Waals surface area contributed by atoms with E-state index in [0.29, 0.717) is 46.1 Å². The average Bonchev–Trinajstić information content (AvgIpc) is 3.15. The molecule has 9 nitrogen and oxygen atoms in total. The largest absolute Gasteiger partial charge is 0.494 e. The fourth-order valence-corrected chi connectivity index (χ4v) is 5.46. The van der Waals surface area contributed by atoms with E-state index < -0.39 is 23.6 Å². The molecule has 2 unspecified atom stereocenters. The molecule has 4 rings (SSSR count). The van der Waals surface area contributed by atoms with Gasteiger partial charge >= 0.3 is 16.8 Å². The molecule has 0 saturated carbocycles. The summed E-state index contributed by atoms with van der Waals surface area (Å²) in [6, 6.07) is 7.37. The van der Waals surface area contributed by atoms with Crippen LogP contribution in [0.25, 0.3) is 0 Å². The van der Waals surface area contributed by atoms with E-state index in [4.69, 9.17) is 18.9 Å². The van der Waals surface area contributed by atoms with Crippen molar-refractivity contribution >= 4 is 23.3 Å². The van der Waals surface area contributed by atoms with Crippen molar-refractivity contribution in [3.63, 3.8) is 0 Å². The van der Waals surface area contributed by atoms with E-state index in [-0.39, 0.29) is 17.4 Å². The van der Waals surface area contributed by atoms with E-state index in [1.165, 1.54) is 13.8 Å². The predicted octanol–water partition coefficient (Wildman–Crippen LogP) is 4.81. The Bertz CT molecular complexity index is 1440. The number of carbonyl (C=O) groups is 2. The molecular formula is C28H31NO8S. The van der Waals surface area contributed by atoms with Crippen molar-refractivity contribution in [1.29, 1.82) is 0 Å². The summed E-state index contributed by atoms with van der Waals surface area (Å²) in [4.78, 5) is 37.8. The van der Waals surface area contributed by atoms with Gasteiger partial charge in [0.25, 0.3) is 0 Å². The van der Waals surface area contributed by atoms with E-state index in [2.05, 4.69) is 4.98 Å². The Hall–Kier alpha value is -3.79. The number of fused-ring (bicyclic) bond motifs is 1. The second kappa shape index (κ2) is 10.5. The Balaban J connectivity index is 1.56. The van der Waals surface area contributed by atoms with Crippen LogP contribution in [0.3, 0.4) is 0 Å². The Morgan fingerprint density at radius 3 is 2.37 bits per heavy atom. The second-order valence-electron chi connectivity index (χ2n) is 9.79. The van der Waals surface area contributed by atoms with Gasteiger partial charge in [-0.1, -0.05) is 23.5 Å². The zero-order valence-electron chi connectivity index (χ0n) is 22.2. The highest BCUT2D eigenvalue weighted by atomic mass is 32.1. The van der Waals surface area contributed by atoms with Crippen molar-refractivity contribution in [3.8, 4) is 23.1 Å². The molecule has 0 spiro atoms. The molecule has 1 aliphatic rings. The number of aromatic amines is 1. The van der Waals surface area contributed by atoms with Gasteiger partial charge in [-0.3, -0.25) is 19.4 Å². The van der Waals surface area contributed by atoms with Crippen LogP contribution in [0.15, 0.2) is 29.1 Å². The van der Waals surface area contributed by atoms with E-state index in [1.807, 2.05) is 52.0 Å². The molecule has 38 heavy (non-hydrogen) atoms. The molecule has 2 N–H and O–H groups in total. The summed E-state index contributed by atoms with van der Waals surface area (Å²) >= 11 is 0.978. The first kappa shape index (κ1) is 27.3. The quantitative estimate of drug-likeness (QED) is 0.323. The maximum atomic E-state index is 12.0.